The van der Waals surface area contributed by atoms with Crippen LogP contribution in [-0.4, -0.2) is 30.9 Å². The number of hydrogen-bond donors (Lipinski definition) is 2. The van der Waals surface area contributed by atoms with Crippen molar-refractivity contribution in [1.29, 1.82) is 0 Å². The number of benzene rings is 1. The fourth-order valence-corrected chi connectivity index (χ4v) is 2.60. The van der Waals surface area contributed by atoms with Gasteiger partial charge in [-0.05, 0) is 42.7 Å². The van der Waals surface area contributed by atoms with Crippen molar-refractivity contribution in [1.82, 2.24) is 25.0 Å². The standard InChI is InChI=1S/C17H18N6O/c1-23-10-11(9-18-23)8-15(24)19-14-6-4-13(5-7-14)17-20-16(21-22-17)12-2-3-12/h4-7,9-10,12H,2-3,8H2,1H3,(H,19,24)(H,20,21,22). The summed E-state index contributed by atoms with van der Waals surface area (Å²) in [7, 11) is 1.83. The highest BCUT2D eigenvalue weighted by atomic mass is 16.1. The van der Waals surface area contributed by atoms with Crippen molar-refractivity contribution in [2.45, 2.75) is 25.2 Å². The maximum Gasteiger partial charge on any atom is 0.228 e. The molecule has 2 aromatic heterocycles. The van der Waals surface area contributed by atoms with E-state index in [-0.39, 0.29) is 5.91 Å². The van der Waals surface area contributed by atoms with Crippen LogP contribution >= 0.6 is 0 Å². The maximum atomic E-state index is 12.1. The Kier molecular flexibility index (Phi) is 3.60. The van der Waals surface area contributed by atoms with Gasteiger partial charge >= 0.3 is 0 Å². The summed E-state index contributed by atoms with van der Waals surface area (Å²) in [5.74, 6) is 2.16. The van der Waals surface area contributed by atoms with E-state index in [1.807, 2.05) is 37.5 Å². The molecule has 0 spiro atoms. The number of amides is 1. The lowest BCUT2D eigenvalue weighted by molar-refractivity contribution is -0.115. The van der Waals surface area contributed by atoms with Gasteiger partial charge in [-0.2, -0.15) is 10.2 Å². The number of H-pyrrole nitrogens is 1. The predicted molar refractivity (Wildman–Crippen MR) is 89.3 cm³/mol. The van der Waals surface area contributed by atoms with Crippen LogP contribution in [0.3, 0.4) is 0 Å². The van der Waals surface area contributed by atoms with Crippen molar-refractivity contribution in [2.75, 3.05) is 5.32 Å². The molecule has 24 heavy (non-hydrogen) atoms. The molecule has 0 saturated heterocycles. The van der Waals surface area contributed by atoms with Gasteiger partial charge < -0.3 is 5.32 Å². The second-order valence-electron chi connectivity index (χ2n) is 6.14. The second kappa shape index (κ2) is 5.92. The predicted octanol–water partition coefficient (Wildman–Crippen LogP) is 2.26. The highest BCUT2D eigenvalue weighted by Gasteiger charge is 2.27. The lowest BCUT2D eigenvalue weighted by Crippen LogP contribution is -2.13. The maximum absolute atomic E-state index is 12.1. The zero-order valence-corrected chi connectivity index (χ0v) is 13.4. The van der Waals surface area contributed by atoms with Crippen molar-refractivity contribution >= 4 is 11.6 Å². The number of carbonyl (C=O) groups is 1. The van der Waals surface area contributed by atoms with Crippen molar-refractivity contribution in [2.24, 2.45) is 7.05 Å². The molecule has 0 radical (unpaired) electrons. The summed E-state index contributed by atoms with van der Waals surface area (Å²) in [5.41, 5.74) is 2.58. The van der Waals surface area contributed by atoms with Crippen molar-refractivity contribution in [3.05, 3.63) is 48.0 Å². The van der Waals surface area contributed by atoms with E-state index in [1.165, 1.54) is 12.8 Å². The Morgan fingerprint density at radius 3 is 2.79 bits per heavy atom. The minimum absolute atomic E-state index is 0.0651. The number of nitrogens with one attached hydrogen (secondary N) is 2. The molecule has 1 fully saturated rings. The van der Waals surface area contributed by atoms with E-state index in [2.05, 4.69) is 25.6 Å². The number of anilines is 1. The summed E-state index contributed by atoms with van der Waals surface area (Å²) in [5, 5.41) is 14.2. The molecule has 2 N–H and O–H groups in total. The van der Waals surface area contributed by atoms with Gasteiger partial charge in [0.25, 0.3) is 0 Å². The molecular formula is C17H18N6O. The van der Waals surface area contributed by atoms with Crippen molar-refractivity contribution < 1.29 is 4.79 Å². The Morgan fingerprint density at radius 2 is 2.12 bits per heavy atom. The Hall–Kier alpha value is -2.96. The van der Waals surface area contributed by atoms with Gasteiger partial charge in [0.1, 0.15) is 5.82 Å². The van der Waals surface area contributed by atoms with E-state index in [1.54, 1.807) is 10.9 Å². The number of nitrogens with zero attached hydrogens (tertiary/aromatic N) is 4. The molecule has 3 aromatic rings. The van der Waals surface area contributed by atoms with Gasteiger partial charge in [0.2, 0.25) is 5.91 Å². The smallest absolute Gasteiger partial charge is 0.228 e. The Labute approximate surface area is 139 Å². The van der Waals surface area contributed by atoms with Crippen LogP contribution < -0.4 is 5.32 Å². The molecule has 0 bridgehead atoms. The molecule has 0 atom stereocenters. The molecule has 7 nitrogen and oxygen atoms in total. The lowest BCUT2D eigenvalue weighted by atomic mass is 10.2. The van der Waals surface area contributed by atoms with Crippen LogP contribution in [0.15, 0.2) is 36.7 Å². The molecule has 2 heterocycles. The normalized spacial score (nSPS) is 13.9. The fraction of sp³-hybridized carbons (Fsp3) is 0.294. The quantitative estimate of drug-likeness (QED) is 0.754. The molecule has 1 amide bonds. The molecule has 0 aliphatic heterocycles. The van der Waals surface area contributed by atoms with E-state index in [0.717, 1.165) is 22.6 Å². The van der Waals surface area contributed by atoms with Crippen LogP contribution in [0, 0.1) is 0 Å². The monoisotopic (exact) mass is 322 g/mol. The first kappa shape index (κ1) is 14.6. The average Bonchev–Trinajstić information content (AvgIpc) is 3.16. The summed E-state index contributed by atoms with van der Waals surface area (Å²) in [6.45, 7) is 0. The second-order valence-corrected chi connectivity index (χ2v) is 6.14. The first-order chi connectivity index (χ1) is 11.7. The van der Waals surface area contributed by atoms with E-state index < -0.39 is 0 Å². The molecular weight excluding hydrogens is 304 g/mol. The number of aryl methyl sites for hydroxylation is 1. The summed E-state index contributed by atoms with van der Waals surface area (Å²) in [4.78, 5) is 16.6. The number of rotatable bonds is 5. The average molecular weight is 322 g/mol. The number of aromatic amines is 1. The molecule has 1 aliphatic rings. The van der Waals surface area contributed by atoms with Crippen LogP contribution in [0.5, 0.6) is 0 Å². The SMILES string of the molecule is Cn1cc(CC(=O)Nc2ccc(-c3n[nH]c(C4CC4)n3)cc2)cn1. The van der Waals surface area contributed by atoms with Gasteiger partial charge in [-0.3, -0.25) is 14.6 Å². The van der Waals surface area contributed by atoms with Crippen LogP contribution in [-0.2, 0) is 18.3 Å². The fourth-order valence-electron chi connectivity index (χ4n) is 2.60. The molecule has 1 saturated carbocycles. The van der Waals surface area contributed by atoms with E-state index in [0.29, 0.717) is 18.2 Å². The third-order valence-electron chi connectivity index (χ3n) is 4.02. The van der Waals surface area contributed by atoms with Gasteiger partial charge in [0, 0.05) is 30.4 Å². The van der Waals surface area contributed by atoms with E-state index in [4.69, 9.17) is 0 Å². The zero-order chi connectivity index (χ0) is 16.5. The molecule has 1 aromatic carbocycles. The largest absolute Gasteiger partial charge is 0.326 e. The molecule has 122 valence electrons. The Morgan fingerprint density at radius 1 is 1.33 bits per heavy atom. The van der Waals surface area contributed by atoms with Crippen molar-refractivity contribution in [3.8, 4) is 11.4 Å². The van der Waals surface area contributed by atoms with E-state index >= 15 is 0 Å². The van der Waals surface area contributed by atoms with Crippen LogP contribution in [0.2, 0.25) is 0 Å². The summed E-state index contributed by atoms with van der Waals surface area (Å²) in [6, 6.07) is 7.56. The van der Waals surface area contributed by atoms with Gasteiger partial charge in [-0.1, -0.05) is 0 Å². The van der Waals surface area contributed by atoms with Crippen LogP contribution in [0.1, 0.15) is 30.1 Å². The van der Waals surface area contributed by atoms with Gasteiger partial charge in [-0.25, -0.2) is 4.98 Å². The molecule has 1 aliphatic carbocycles. The lowest BCUT2D eigenvalue weighted by Gasteiger charge is -2.04. The van der Waals surface area contributed by atoms with Crippen LogP contribution in [0.25, 0.3) is 11.4 Å². The summed E-state index contributed by atoms with van der Waals surface area (Å²) < 4.78 is 1.68. The topological polar surface area (TPSA) is 88.5 Å². The first-order valence-electron chi connectivity index (χ1n) is 7.97. The zero-order valence-electron chi connectivity index (χ0n) is 13.4. The van der Waals surface area contributed by atoms with Gasteiger partial charge in [0.15, 0.2) is 5.82 Å². The highest BCUT2D eigenvalue weighted by Crippen LogP contribution is 2.38. The number of hydrogen-bond acceptors (Lipinski definition) is 4. The Bertz CT molecular complexity index is 859. The van der Waals surface area contributed by atoms with E-state index in [9.17, 15) is 4.79 Å². The summed E-state index contributed by atoms with van der Waals surface area (Å²) in [6.07, 6.45) is 6.22. The molecule has 0 unspecified atom stereocenters. The van der Waals surface area contributed by atoms with Gasteiger partial charge in [-0.15, -0.1) is 0 Å². The highest BCUT2D eigenvalue weighted by molar-refractivity contribution is 5.92. The minimum Gasteiger partial charge on any atom is -0.326 e. The van der Waals surface area contributed by atoms with Gasteiger partial charge in [0.05, 0.1) is 12.6 Å². The Balaban J connectivity index is 1.40. The first-order valence-corrected chi connectivity index (χ1v) is 7.97. The third kappa shape index (κ3) is 3.19. The summed E-state index contributed by atoms with van der Waals surface area (Å²) >= 11 is 0. The molecule has 4 rings (SSSR count). The minimum atomic E-state index is -0.0651. The molecule has 7 heteroatoms. The van der Waals surface area contributed by atoms with Crippen LogP contribution in [0.4, 0.5) is 5.69 Å². The number of carbonyl (C=O) groups excluding carboxylic acids is 1. The number of aromatic nitrogens is 5. The van der Waals surface area contributed by atoms with Crippen molar-refractivity contribution in [3.63, 3.8) is 0 Å². The third-order valence-corrected chi connectivity index (χ3v) is 4.02.